The SMILES string of the molecule is CCC(CCCCCCCCCCCCC(=O)OC)O[Si](C)(C)C. The molecule has 0 amide bonds. The molecule has 0 aliphatic carbocycles. The average Bonchev–Trinajstić information content (AvgIpc) is 2.53. The summed E-state index contributed by atoms with van der Waals surface area (Å²) in [5.41, 5.74) is 0. The van der Waals surface area contributed by atoms with Crippen LogP contribution in [0.5, 0.6) is 0 Å². The van der Waals surface area contributed by atoms with Crippen LogP contribution in [0.2, 0.25) is 19.6 Å². The molecule has 24 heavy (non-hydrogen) atoms. The smallest absolute Gasteiger partial charge is 0.305 e. The molecule has 3 nitrogen and oxygen atoms in total. The Hall–Kier alpha value is -0.353. The summed E-state index contributed by atoms with van der Waals surface area (Å²) in [4.78, 5) is 11.0. The topological polar surface area (TPSA) is 35.5 Å². The first-order valence-electron chi connectivity index (χ1n) is 10.1. The predicted molar refractivity (Wildman–Crippen MR) is 106 cm³/mol. The van der Waals surface area contributed by atoms with Crippen LogP contribution in [0.15, 0.2) is 0 Å². The van der Waals surface area contributed by atoms with E-state index in [1.807, 2.05) is 0 Å². The molecule has 0 rings (SSSR count). The summed E-state index contributed by atoms with van der Waals surface area (Å²) in [6, 6.07) is 0. The van der Waals surface area contributed by atoms with Crippen LogP contribution in [0.4, 0.5) is 0 Å². The van der Waals surface area contributed by atoms with E-state index in [9.17, 15) is 4.79 Å². The molecule has 1 unspecified atom stereocenters. The Morgan fingerprint density at radius 2 is 1.29 bits per heavy atom. The summed E-state index contributed by atoms with van der Waals surface area (Å²) in [7, 11) is 0.0867. The minimum atomic E-state index is -1.38. The molecule has 0 heterocycles. The van der Waals surface area contributed by atoms with Gasteiger partial charge in [0, 0.05) is 12.5 Å². The summed E-state index contributed by atoms with van der Waals surface area (Å²) in [5.74, 6) is -0.0736. The molecule has 0 N–H and O–H groups in total. The van der Waals surface area contributed by atoms with Gasteiger partial charge in [0.2, 0.25) is 0 Å². The maximum atomic E-state index is 11.0. The summed E-state index contributed by atoms with van der Waals surface area (Å²) in [6.45, 7) is 9.09. The lowest BCUT2D eigenvalue weighted by atomic mass is 10.0. The van der Waals surface area contributed by atoms with Crippen molar-refractivity contribution in [2.45, 2.75) is 116 Å². The van der Waals surface area contributed by atoms with Crippen molar-refractivity contribution < 1.29 is 14.0 Å². The van der Waals surface area contributed by atoms with Crippen molar-refractivity contribution in [2.24, 2.45) is 0 Å². The number of rotatable bonds is 16. The molecule has 144 valence electrons. The lowest BCUT2D eigenvalue weighted by molar-refractivity contribution is -0.140. The molecule has 0 aromatic carbocycles. The van der Waals surface area contributed by atoms with Gasteiger partial charge in [0.1, 0.15) is 0 Å². The van der Waals surface area contributed by atoms with Crippen molar-refractivity contribution in [1.82, 2.24) is 0 Å². The molecule has 0 aromatic rings. The predicted octanol–water partition coefficient (Wildman–Crippen LogP) is 6.47. The molecular formula is C20H42O3Si. The molecule has 0 fully saturated rings. The lowest BCUT2D eigenvalue weighted by Gasteiger charge is -2.25. The van der Waals surface area contributed by atoms with Crippen LogP contribution in [0.3, 0.4) is 0 Å². The Bertz CT molecular complexity index is 300. The van der Waals surface area contributed by atoms with E-state index in [0.717, 1.165) is 19.3 Å². The zero-order chi connectivity index (χ0) is 18.3. The molecular weight excluding hydrogens is 316 g/mol. The number of carbonyl (C=O) groups is 1. The van der Waals surface area contributed by atoms with E-state index >= 15 is 0 Å². The van der Waals surface area contributed by atoms with Crippen molar-refractivity contribution in [3.8, 4) is 0 Å². The van der Waals surface area contributed by atoms with Gasteiger partial charge in [0.05, 0.1) is 7.11 Å². The van der Waals surface area contributed by atoms with E-state index < -0.39 is 8.32 Å². The molecule has 0 radical (unpaired) electrons. The third kappa shape index (κ3) is 16.5. The van der Waals surface area contributed by atoms with E-state index in [-0.39, 0.29) is 5.97 Å². The number of carbonyl (C=O) groups excluding carboxylic acids is 1. The maximum absolute atomic E-state index is 11.0. The molecule has 0 aliphatic heterocycles. The van der Waals surface area contributed by atoms with Gasteiger partial charge in [0.15, 0.2) is 8.32 Å². The third-order valence-corrected chi connectivity index (χ3v) is 5.40. The van der Waals surface area contributed by atoms with Crippen LogP contribution >= 0.6 is 0 Å². The summed E-state index contributed by atoms with van der Waals surface area (Å²) < 4.78 is 10.9. The van der Waals surface area contributed by atoms with E-state index in [1.165, 1.54) is 64.9 Å². The van der Waals surface area contributed by atoms with Crippen LogP contribution in [-0.4, -0.2) is 27.5 Å². The van der Waals surface area contributed by atoms with Crippen molar-refractivity contribution in [1.29, 1.82) is 0 Å². The standard InChI is InChI=1S/C20H42O3Si/c1-6-19(23-24(3,4)5)17-15-13-11-9-7-8-10-12-14-16-18-20(21)22-2/h19H,6-18H2,1-5H3. The highest BCUT2D eigenvalue weighted by molar-refractivity contribution is 6.69. The first kappa shape index (κ1) is 23.6. The highest BCUT2D eigenvalue weighted by Crippen LogP contribution is 2.17. The Morgan fingerprint density at radius 1 is 0.833 bits per heavy atom. The Kier molecular flexibility index (Phi) is 14.7. The van der Waals surface area contributed by atoms with Crippen molar-refractivity contribution in [3.63, 3.8) is 0 Å². The molecule has 4 heteroatoms. The highest BCUT2D eigenvalue weighted by Gasteiger charge is 2.19. The van der Waals surface area contributed by atoms with Crippen LogP contribution in [-0.2, 0) is 14.0 Å². The van der Waals surface area contributed by atoms with Gasteiger partial charge in [-0.3, -0.25) is 4.79 Å². The van der Waals surface area contributed by atoms with E-state index in [1.54, 1.807) is 0 Å². The van der Waals surface area contributed by atoms with Crippen molar-refractivity contribution >= 4 is 14.3 Å². The fourth-order valence-electron chi connectivity index (χ4n) is 3.00. The van der Waals surface area contributed by atoms with Crippen LogP contribution in [0, 0.1) is 0 Å². The summed E-state index contributed by atoms with van der Waals surface area (Å²) >= 11 is 0. The number of hydrogen-bond acceptors (Lipinski definition) is 3. The van der Waals surface area contributed by atoms with Crippen LogP contribution < -0.4 is 0 Å². The average molecular weight is 359 g/mol. The van der Waals surface area contributed by atoms with Gasteiger partial charge in [-0.15, -0.1) is 0 Å². The van der Waals surface area contributed by atoms with Gasteiger partial charge in [-0.2, -0.15) is 0 Å². The van der Waals surface area contributed by atoms with Gasteiger partial charge in [-0.1, -0.05) is 64.7 Å². The van der Waals surface area contributed by atoms with Gasteiger partial charge in [0.25, 0.3) is 0 Å². The van der Waals surface area contributed by atoms with Gasteiger partial charge in [-0.05, 0) is 38.9 Å². The first-order valence-corrected chi connectivity index (χ1v) is 13.5. The van der Waals surface area contributed by atoms with Crippen molar-refractivity contribution in [3.05, 3.63) is 0 Å². The lowest BCUT2D eigenvalue weighted by Crippen LogP contribution is -2.31. The fraction of sp³-hybridized carbons (Fsp3) is 0.950. The number of unbranched alkanes of at least 4 members (excludes halogenated alkanes) is 9. The minimum absolute atomic E-state index is 0.0736. The largest absolute Gasteiger partial charge is 0.469 e. The number of esters is 1. The number of hydrogen-bond donors (Lipinski definition) is 0. The second-order valence-electron chi connectivity index (χ2n) is 7.91. The summed E-state index contributed by atoms with van der Waals surface area (Å²) in [6.07, 6.45) is 16.3. The fourth-order valence-corrected chi connectivity index (χ4v) is 4.29. The highest BCUT2D eigenvalue weighted by atomic mass is 28.4. The second kappa shape index (κ2) is 14.9. The molecule has 0 aromatic heterocycles. The van der Waals surface area contributed by atoms with E-state index in [0.29, 0.717) is 12.5 Å². The van der Waals surface area contributed by atoms with Gasteiger partial charge in [-0.25, -0.2) is 0 Å². The van der Waals surface area contributed by atoms with Crippen molar-refractivity contribution in [2.75, 3.05) is 7.11 Å². The van der Waals surface area contributed by atoms with Crippen LogP contribution in [0.25, 0.3) is 0 Å². The summed E-state index contributed by atoms with van der Waals surface area (Å²) in [5, 5.41) is 0. The van der Waals surface area contributed by atoms with Gasteiger partial charge >= 0.3 is 5.97 Å². The van der Waals surface area contributed by atoms with Gasteiger partial charge < -0.3 is 9.16 Å². The molecule has 1 atom stereocenters. The molecule has 0 spiro atoms. The Labute approximate surface area is 152 Å². The number of ether oxygens (including phenoxy) is 1. The molecule has 0 saturated heterocycles. The second-order valence-corrected chi connectivity index (χ2v) is 12.4. The quantitative estimate of drug-likeness (QED) is 0.180. The zero-order valence-electron chi connectivity index (χ0n) is 17.0. The van der Waals surface area contributed by atoms with E-state index in [2.05, 4.69) is 31.3 Å². The molecule has 0 bridgehead atoms. The molecule has 0 aliphatic rings. The minimum Gasteiger partial charge on any atom is -0.469 e. The van der Waals surface area contributed by atoms with E-state index in [4.69, 9.17) is 4.43 Å². The van der Waals surface area contributed by atoms with Crippen LogP contribution in [0.1, 0.15) is 90.4 Å². The number of methoxy groups -OCH3 is 1. The molecule has 0 saturated carbocycles. The Balaban J connectivity index is 3.32. The first-order chi connectivity index (χ1) is 11.4. The maximum Gasteiger partial charge on any atom is 0.305 e. The zero-order valence-corrected chi connectivity index (χ0v) is 18.0. The normalized spacial score (nSPS) is 13.0. The third-order valence-electron chi connectivity index (χ3n) is 4.36. The Morgan fingerprint density at radius 3 is 1.71 bits per heavy atom. The monoisotopic (exact) mass is 358 g/mol.